The topological polar surface area (TPSA) is 107 Å². The van der Waals surface area contributed by atoms with E-state index in [1.807, 2.05) is 6.07 Å². The standard InChI is InChI=1S/C15H15N3O4/c1-20-8-11-13(15(19)21-2)12(9-3-5-18-6-4-9)10(7-16)14(17)22-11/h3-6,12H,8,17H2,1-2H3/t12-/m1/s1. The second-order valence-electron chi connectivity index (χ2n) is 4.47. The van der Waals surface area contributed by atoms with Crippen molar-refractivity contribution in [2.24, 2.45) is 5.73 Å². The molecule has 7 heteroatoms. The summed E-state index contributed by atoms with van der Waals surface area (Å²) in [5.41, 5.74) is 6.85. The number of allylic oxidation sites excluding steroid dienone is 1. The van der Waals surface area contributed by atoms with Crippen molar-refractivity contribution < 1.29 is 19.0 Å². The van der Waals surface area contributed by atoms with E-state index in [-0.39, 0.29) is 29.4 Å². The lowest BCUT2D eigenvalue weighted by Crippen LogP contribution is -2.27. The van der Waals surface area contributed by atoms with Crippen LogP contribution in [0.5, 0.6) is 0 Å². The number of ether oxygens (including phenoxy) is 3. The van der Waals surface area contributed by atoms with Crippen LogP contribution in [0.15, 0.2) is 47.3 Å². The predicted octanol–water partition coefficient (Wildman–Crippen LogP) is 0.963. The Bertz CT molecular complexity index is 674. The molecule has 0 bridgehead atoms. The Morgan fingerprint density at radius 1 is 1.45 bits per heavy atom. The molecule has 2 N–H and O–H groups in total. The molecule has 0 radical (unpaired) electrons. The summed E-state index contributed by atoms with van der Waals surface area (Å²) in [7, 11) is 2.73. The van der Waals surface area contributed by atoms with E-state index in [9.17, 15) is 10.1 Å². The smallest absolute Gasteiger partial charge is 0.338 e. The molecule has 0 amide bonds. The third kappa shape index (κ3) is 2.77. The van der Waals surface area contributed by atoms with Crippen LogP contribution in [-0.4, -0.2) is 31.8 Å². The molecular formula is C15H15N3O4. The number of aromatic nitrogens is 1. The second kappa shape index (κ2) is 6.74. The van der Waals surface area contributed by atoms with Crippen molar-refractivity contribution in [1.29, 1.82) is 5.26 Å². The largest absolute Gasteiger partial charge is 0.466 e. The van der Waals surface area contributed by atoms with Crippen LogP contribution in [0, 0.1) is 11.3 Å². The first kappa shape index (κ1) is 15.5. The van der Waals surface area contributed by atoms with E-state index < -0.39 is 11.9 Å². The van der Waals surface area contributed by atoms with Crippen LogP contribution in [-0.2, 0) is 19.0 Å². The number of carbonyl (C=O) groups excluding carboxylic acids is 1. The predicted molar refractivity (Wildman–Crippen MR) is 75.8 cm³/mol. The zero-order chi connectivity index (χ0) is 16.1. The molecule has 22 heavy (non-hydrogen) atoms. The van der Waals surface area contributed by atoms with E-state index in [0.717, 1.165) is 0 Å². The number of carbonyl (C=O) groups is 1. The van der Waals surface area contributed by atoms with Gasteiger partial charge in [-0.3, -0.25) is 4.98 Å². The Morgan fingerprint density at radius 2 is 2.14 bits per heavy atom. The van der Waals surface area contributed by atoms with Gasteiger partial charge in [0.25, 0.3) is 0 Å². The number of pyridine rings is 1. The minimum atomic E-state index is -0.681. The molecule has 2 heterocycles. The first-order valence-electron chi connectivity index (χ1n) is 6.41. The first-order chi connectivity index (χ1) is 10.6. The Balaban J connectivity index is 2.65. The van der Waals surface area contributed by atoms with Gasteiger partial charge in [0.2, 0.25) is 5.88 Å². The van der Waals surface area contributed by atoms with Gasteiger partial charge in [0.15, 0.2) is 0 Å². The lowest BCUT2D eigenvalue weighted by atomic mass is 9.83. The number of nitriles is 1. The van der Waals surface area contributed by atoms with Gasteiger partial charge >= 0.3 is 5.97 Å². The van der Waals surface area contributed by atoms with Crippen LogP contribution in [0.3, 0.4) is 0 Å². The van der Waals surface area contributed by atoms with Crippen molar-refractivity contribution >= 4 is 5.97 Å². The summed E-state index contributed by atoms with van der Waals surface area (Å²) in [4.78, 5) is 16.1. The third-order valence-electron chi connectivity index (χ3n) is 3.22. The van der Waals surface area contributed by atoms with Crippen LogP contribution in [0.25, 0.3) is 0 Å². The molecule has 1 atom stereocenters. The molecule has 0 unspecified atom stereocenters. The van der Waals surface area contributed by atoms with Crippen molar-refractivity contribution in [3.05, 3.63) is 52.9 Å². The quantitative estimate of drug-likeness (QED) is 0.825. The number of nitrogens with zero attached hydrogens (tertiary/aromatic N) is 2. The minimum Gasteiger partial charge on any atom is -0.466 e. The molecule has 2 rings (SSSR count). The molecule has 7 nitrogen and oxygen atoms in total. The molecule has 0 aliphatic carbocycles. The highest BCUT2D eigenvalue weighted by molar-refractivity contribution is 5.92. The van der Waals surface area contributed by atoms with Crippen molar-refractivity contribution in [2.45, 2.75) is 5.92 Å². The fraction of sp³-hybridized carbons (Fsp3) is 0.267. The maximum atomic E-state index is 12.2. The lowest BCUT2D eigenvalue weighted by Gasteiger charge is -2.27. The Labute approximate surface area is 127 Å². The molecule has 1 aromatic heterocycles. The molecular weight excluding hydrogens is 286 g/mol. The van der Waals surface area contributed by atoms with E-state index in [4.69, 9.17) is 19.9 Å². The summed E-state index contributed by atoms with van der Waals surface area (Å²) in [5.74, 6) is -1.11. The van der Waals surface area contributed by atoms with Crippen molar-refractivity contribution in [3.63, 3.8) is 0 Å². The van der Waals surface area contributed by atoms with Crippen LogP contribution < -0.4 is 5.73 Å². The zero-order valence-electron chi connectivity index (χ0n) is 12.2. The molecule has 1 aliphatic rings. The van der Waals surface area contributed by atoms with Gasteiger partial charge in [-0.05, 0) is 17.7 Å². The van der Waals surface area contributed by atoms with Gasteiger partial charge in [-0.15, -0.1) is 0 Å². The summed E-state index contributed by atoms with van der Waals surface area (Å²) >= 11 is 0. The monoisotopic (exact) mass is 301 g/mol. The number of methoxy groups -OCH3 is 2. The number of nitrogens with two attached hydrogens (primary N) is 1. The number of hydrogen-bond donors (Lipinski definition) is 1. The molecule has 0 fully saturated rings. The van der Waals surface area contributed by atoms with Crippen molar-refractivity contribution in [2.75, 3.05) is 20.8 Å². The van der Waals surface area contributed by atoms with Gasteiger partial charge in [-0.2, -0.15) is 5.26 Å². The highest BCUT2D eigenvalue weighted by atomic mass is 16.5. The summed E-state index contributed by atoms with van der Waals surface area (Å²) in [5, 5.41) is 9.39. The lowest BCUT2D eigenvalue weighted by molar-refractivity contribution is -0.136. The zero-order valence-corrected chi connectivity index (χ0v) is 12.2. The highest BCUT2D eigenvalue weighted by Gasteiger charge is 2.37. The summed E-state index contributed by atoms with van der Waals surface area (Å²) in [6, 6.07) is 5.41. The van der Waals surface area contributed by atoms with Gasteiger partial charge in [-0.25, -0.2) is 4.79 Å². The Hall–Kier alpha value is -2.85. The fourth-order valence-electron chi connectivity index (χ4n) is 2.28. The van der Waals surface area contributed by atoms with Crippen LogP contribution in [0.2, 0.25) is 0 Å². The first-order valence-corrected chi connectivity index (χ1v) is 6.41. The summed E-state index contributed by atoms with van der Waals surface area (Å²) in [6.45, 7) is 0.0332. The van der Waals surface area contributed by atoms with E-state index in [2.05, 4.69) is 4.98 Å². The molecule has 114 valence electrons. The molecule has 1 aliphatic heterocycles. The number of rotatable bonds is 4. The second-order valence-corrected chi connectivity index (χ2v) is 4.47. The Morgan fingerprint density at radius 3 is 2.68 bits per heavy atom. The number of esters is 1. The van der Waals surface area contributed by atoms with E-state index >= 15 is 0 Å². The molecule has 0 saturated carbocycles. The maximum Gasteiger partial charge on any atom is 0.338 e. The van der Waals surface area contributed by atoms with Gasteiger partial charge in [0.05, 0.1) is 18.6 Å². The normalized spacial score (nSPS) is 17.8. The SMILES string of the molecule is COCC1=C(C(=O)OC)[C@H](c2ccncc2)C(C#N)=C(N)O1. The van der Waals surface area contributed by atoms with Gasteiger partial charge in [-0.1, -0.05) is 0 Å². The fourth-order valence-corrected chi connectivity index (χ4v) is 2.28. The molecule has 1 aromatic rings. The van der Waals surface area contributed by atoms with E-state index in [1.54, 1.807) is 24.5 Å². The molecule has 0 spiro atoms. The van der Waals surface area contributed by atoms with E-state index in [1.165, 1.54) is 14.2 Å². The minimum absolute atomic E-state index is 0.0332. The van der Waals surface area contributed by atoms with Crippen molar-refractivity contribution in [3.8, 4) is 6.07 Å². The summed E-state index contributed by atoms with van der Waals surface area (Å²) in [6.07, 6.45) is 3.14. The highest BCUT2D eigenvalue weighted by Crippen LogP contribution is 2.39. The van der Waals surface area contributed by atoms with Crippen LogP contribution in [0.1, 0.15) is 11.5 Å². The Kier molecular flexibility index (Phi) is 4.76. The van der Waals surface area contributed by atoms with Crippen molar-refractivity contribution in [1.82, 2.24) is 4.98 Å². The third-order valence-corrected chi connectivity index (χ3v) is 3.22. The van der Waals surface area contributed by atoms with Gasteiger partial charge in [0, 0.05) is 19.5 Å². The van der Waals surface area contributed by atoms with E-state index in [0.29, 0.717) is 5.56 Å². The van der Waals surface area contributed by atoms with Crippen LogP contribution in [0.4, 0.5) is 0 Å². The number of hydrogen-bond acceptors (Lipinski definition) is 7. The average molecular weight is 301 g/mol. The maximum absolute atomic E-state index is 12.2. The molecule has 0 aromatic carbocycles. The summed E-state index contributed by atoms with van der Waals surface area (Å²) < 4.78 is 15.3. The van der Waals surface area contributed by atoms with Crippen LogP contribution >= 0.6 is 0 Å². The molecule has 0 saturated heterocycles. The average Bonchev–Trinajstić information content (AvgIpc) is 2.54. The van der Waals surface area contributed by atoms with Gasteiger partial charge in [0.1, 0.15) is 24.0 Å². The van der Waals surface area contributed by atoms with Gasteiger partial charge < -0.3 is 19.9 Å².